The second kappa shape index (κ2) is 12.3. The number of amides is 2. The van der Waals surface area contributed by atoms with Gasteiger partial charge in [0, 0.05) is 13.1 Å². The summed E-state index contributed by atoms with van der Waals surface area (Å²) in [5, 5.41) is 2.87. The minimum Gasteiger partial charge on any atom is -0.446 e. The van der Waals surface area contributed by atoms with E-state index < -0.39 is 0 Å². The first kappa shape index (κ1) is 24.6. The number of hydrogen-bond acceptors (Lipinski definition) is 4. The highest BCUT2D eigenvalue weighted by atomic mass is 16.3. The first-order valence-electron chi connectivity index (χ1n) is 11.4. The molecule has 0 spiro atoms. The van der Waals surface area contributed by atoms with Crippen LogP contribution in [0.3, 0.4) is 0 Å². The third kappa shape index (κ3) is 7.85. The lowest BCUT2D eigenvalue weighted by Crippen LogP contribution is -2.36. The van der Waals surface area contributed by atoms with E-state index >= 15 is 0 Å². The molecule has 0 radical (unpaired) electrons. The van der Waals surface area contributed by atoms with Gasteiger partial charge in [0.25, 0.3) is 5.91 Å². The molecule has 0 saturated carbocycles. The number of benzene rings is 1. The molecule has 2 rings (SSSR count). The number of rotatable bonds is 12. The van der Waals surface area contributed by atoms with Crippen LogP contribution in [-0.2, 0) is 11.3 Å². The van der Waals surface area contributed by atoms with Crippen LogP contribution in [-0.4, -0.2) is 34.8 Å². The van der Waals surface area contributed by atoms with Crippen molar-refractivity contribution in [2.24, 2.45) is 11.8 Å². The van der Waals surface area contributed by atoms with Gasteiger partial charge < -0.3 is 14.6 Å². The molecular weight excluding hydrogens is 390 g/mol. The lowest BCUT2D eigenvalue weighted by molar-refractivity contribution is -0.134. The molecule has 31 heavy (non-hydrogen) atoms. The van der Waals surface area contributed by atoms with Crippen molar-refractivity contribution < 1.29 is 14.0 Å². The largest absolute Gasteiger partial charge is 0.446 e. The molecule has 2 aromatic rings. The van der Waals surface area contributed by atoms with Gasteiger partial charge in [-0.05, 0) is 36.7 Å². The van der Waals surface area contributed by atoms with Crippen LogP contribution >= 0.6 is 0 Å². The van der Waals surface area contributed by atoms with Gasteiger partial charge in [-0.3, -0.25) is 9.59 Å². The monoisotopic (exact) mass is 427 g/mol. The number of carbonyl (C=O) groups excluding carboxylic acids is 2. The Hall–Kier alpha value is -2.63. The quantitative estimate of drug-likeness (QED) is 0.516. The Morgan fingerprint density at radius 2 is 1.74 bits per heavy atom. The van der Waals surface area contributed by atoms with Crippen molar-refractivity contribution in [1.82, 2.24) is 15.2 Å². The van der Waals surface area contributed by atoms with Crippen molar-refractivity contribution in [1.29, 1.82) is 0 Å². The van der Waals surface area contributed by atoms with E-state index in [0.29, 0.717) is 30.8 Å². The van der Waals surface area contributed by atoms with Crippen LogP contribution in [0.4, 0.5) is 0 Å². The number of hydrogen-bond donors (Lipinski definition) is 1. The Balaban J connectivity index is 2.11. The Kier molecular flexibility index (Phi) is 9.76. The molecule has 6 nitrogen and oxygen atoms in total. The number of oxazole rings is 1. The molecule has 0 fully saturated rings. The highest BCUT2D eigenvalue weighted by Gasteiger charge is 2.26. The molecule has 170 valence electrons. The van der Waals surface area contributed by atoms with Gasteiger partial charge in [-0.25, -0.2) is 4.98 Å². The maximum Gasteiger partial charge on any atom is 0.273 e. The third-order valence-electron chi connectivity index (χ3n) is 5.31. The smallest absolute Gasteiger partial charge is 0.273 e. The number of carbonyl (C=O) groups is 2. The predicted molar refractivity (Wildman–Crippen MR) is 123 cm³/mol. The molecule has 6 heteroatoms. The molecule has 0 aliphatic heterocycles. The van der Waals surface area contributed by atoms with Crippen molar-refractivity contribution in [3.63, 3.8) is 0 Å². The van der Waals surface area contributed by atoms with E-state index in [-0.39, 0.29) is 30.0 Å². The van der Waals surface area contributed by atoms with Gasteiger partial charge in [-0.2, -0.15) is 0 Å². The summed E-state index contributed by atoms with van der Waals surface area (Å²) in [6.07, 6.45) is 3.89. The van der Waals surface area contributed by atoms with Crippen molar-refractivity contribution in [3.05, 3.63) is 53.7 Å². The standard InChI is InChI=1S/C25H37N3O3/c1-6-21(20-10-8-7-9-11-20)25(30)28(15-13-19(4)5)16-23-27-22(17-31-23)24(29)26-14-12-18(2)3/h7-11,17-19,21H,6,12-16H2,1-5H3,(H,26,29)/t21-/m0/s1. The zero-order chi connectivity index (χ0) is 22.8. The fourth-order valence-corrected chi connectivity index (χ4v) is 3.36. The SMILES string of the molecule is CC[C@H](C(=O)N(CCC(C)C)Cc1nc(C(=O)NCCC(C)C)co1)c1ccccc1. The first-order valence-corrected chi connectivity index (χ1v) is 11.4. The Morgan fingerprint density at radius 1 is 1.06 bits per heavy atom. The summed E-state index contributed by atoms with van der Waals surface area (Å²) >= 11 is 0. The molecule has 1 aromatic heterocycles. The molecule has 0 aliphatic carbocycles. The molecule has 0 aliphatic rings. The van der Waals surface area contributed by atoms with E-state index in [1.807, 2.05) is 42.2 Å². The van der Waals surface area contributed by atoms with Gasteiger partial charge in [0.2, 0.25) is 11.8 Å². The molecule has 2 amide bonds. The van der Waals surface area contributed by atoms with Crippen molar-refractivity contribution >= 4 is 11.8 Å². The summed E-state index contributed by atoms with van der Waals surface area (Å²) in [6.45, 7) is 12.0. The van der Waals surface area contributed by atoms with E-state index in [0.717, 1.165) is 24.8 Å². The van der Waals surface area contributed by atoms with Crippen LogP contribution in [0.25, 0.3) is 0 Å². The lowest BCUT2D eigenvalue weighted by atomic mass is 9.94. The normalized spacial score (nSPS) is 12.2. The third-order valence-corrected chi connectivity index (χ3v) is 5.31. The Bertz CT molecular complexity index is 814. The molecule has 0 unspecified atom stereocenters. The van der Waals surface area contributed by atoms with Crippen molar-refractivity contribution in [2.75, 3.05) is 13.1 Å². The summed E-state index contributed by atoms with van der Waals surface area (Å²) in [7, 11) is 0. The average molecular weight is 428 g/mol. The lowest BCUT2D eigenvalue weighted by Gasteiger charge is -2.27. The molecule has 1 atom stereocenters. The second-order valence-electron chi connectivity index (χ2n) is 8.88. The summed E-state index contributed by atoms with van der Waals surface area (Å²) in [6, 6.07) is 9.87. The van der Waals surface area contributed by atoms with Crippen molar-refractivity contribution in [2.45, 2.75) is 66.3 Å². The Morgan fingerprint density at radius 3 is 2.35 bits per heavy atom. The maximum absolute atomic E-state index is 13.4. The van der Waals surface area contributed by atoms with Crippen LogP contribution in [0.1, 0.15) is 81.7 Å². The second-order valence-corrected chi connectivity index (χ2v) is 8.88. The molecule has 1 N–H and O–H groups in total. The van der Waals surface area contributed by atoms with E-state index in [1.165, 1.54) is 6.26 Å². The summed E-state index contributed by atoms with van der Waals surface area (Å²) < 4.78 is 5.55. The fourth-order valence-electron chi connectivity index (χ4n) is 3.36. The van der Waals surface area contributed by atoms with Gasteiger partial charge in [-0.15, -0.1) is 0 Å². The zero-order valence-corrected chi connectivity index (χ0v) is 19.6. The first-order chi connectivity index (χ1) is 14.8. The summed E-state index contributed by atoms with van der Waals surface area (Å²) in [4.78, 5) is 31.9. The van der Waals surface area contributed by atoms with Gasteiger partial charge in [0.05, 0.1) is 12.5 Å². The highest BCUT2D eigenvalue weighted by Crippen LogP contribution is 2.23. The van der Waals surface area contributed by atoms with Gasteiger partial charge in [-0.1, -0.05) is 65.0 Å². The number of nitrogens with one attached hydrogen (secondary N) is 1. The predicted octanol–water partition coefficient (Wildman–Crippen LogP) is 5.02. The van der Waals surface area contributed by atoms with Gasteiger partial charge in [0.15, 0.2) is 5.69 Å². The van der Waals surface area contributed by atoms with Crippen LogP contribution in [0, 0.1) is 11.8 Å². The van der Waals surface area contributed by atoms with E-state index in [4.69, 9.17) is 4.42 Å². The van der Waals surface area contributed by atoms with Gasteiger partial charge >= 0.3 is 0 Å². The molecule has 1 heterocycles. The molecule has 1 aromatic carbocycles. The van der Waals surface area contributed by atoms with Crippen LogP contribution in [0.2, 0.25) is 0 Å². The van der Waals surface area contributed by atoms with Gasteiger partial charge in [0.1, 0.15) is 6.26 Å². The average Bonchev–Trinajstić information content (AvgIpc) is 3.20. The van der Waals surface area contributed by atoms with Crippen LogP contribution < -0.4 is 5.32 Å². The zero-order valence-electron chi connectivity index (χ0n) is 19.6. The number of aromatic nitrogens is 1. The van der Waals surface area contributed by atoms with E-state index in [9.17, 15) is 9.59 Å². The fraction of sp³-hybridized carbons (Fsp3) is 0.560. The Labute approximate surface area is 186 Å². The van der Waals surface area contributed by atoms with E-state index in [1.54, 1.807) is 0 Å². The minimum absolute atomic E-state index is 0.0653. The molecule has 0 bridgehead atoms. The summed E-state index contributed by atoms with van der Waals surface area (Å²) in [5.41, 5.74) is 1.27. The maximum atomic E-state index is 13.4. The molecular formula is C25H37N3O3. The van der Waals surface area contributed by atoms with Crippen LogP contribution in [0.15, 0.2) is 41.0 Å². The highest BCUT2D eigenvalue weighted by molar-refractivity contribution is 5.91. The summed E-state index contributed by atoms with van der Waals surface area (Å²) in [5.74, 6) is 0.988. The topological polar surface area (TPSA) is 75.4 Å². The number of nitrogens with zero attached hydrogens (tertiary/aromatic N) is 2. The minimum atomic E-state index is -0.244. The van der Waals surface area contributed by atoms with Crippen LogP contribution in [0.5, 0.6) is 0 Å². The molecule has 0 saturated heterocycles. The van der Waals surface area contributed by atoms with E-state index in [2.05, 4.69) is 38.0 Å². The van der Waals surface area contributed by atoms with Crippen molar-refractivity contribution in [3.8, 4) is 0 Å².